The lowest BCUT2D eigenvalue weighted by Crippen LogP contribution is -2.51. The Hall–Kier alpha value is -2.85. The fourth-order valence-electron chi connectivity index (χ4n) is 3.34. The van der Waals surface area contributed by atoms with Crippen LogP contribution in [0.25, 0.3) is 22.2 Å². The van der Waals surface area contributed by atoms with E-state index in [0.717, 1.165) is 4.47 Å². The Kier molecular flexibility index (Phi) is 5.52. The van der Waals surface area contributed by atoms with E-state index in [-0.39, 0.29) is 10.6 Å². The quantitative estimate of drug-likeness (QED) is 0.513. The molecule has 160 valence electrons. The van der Waals surface area contributed by atoms with Gasteiger partial charge in [0.2, 0.25) is 5.72 Å². The van der Waals surface area contributed by atoms with Crippen LogP contribution in [0.1, 0.15) is 16.8 Å². The van der Waals surface area contributed by atoms with Gasteiger partial charge in [-0.2, -0.15) is 10.1 Å². The van der Waals surface area contributed by atoms with Crippen LogP contribution in [0.3, 0.4) is 0 Å². The standard InChI is InChI=1S/C21H14BrF4N3O2/c22-12-7-5-11(6-8-12)16-9-14(13-3-1-2-4-15(13)27-16)19(30)29-21(31,20(25)26)10-17(28-29)18(23)24/h1-9,18,20,31H,10H2. The maximum Gasteiger partial charge on any atom is 0.287 e. The number of hydrazone groups is 1. The number of carbonyl (C=O) groups is 1. The van der Waals surface area contributed by atoms with E-state index in [4.69, 9.17) is 0 Å². The first-order valence-corrected chi connectivity index (χ1v) is 9.86. The summed E-state index contributed by atoms with van der Waals surface area (Å²) in [5.41, 5.74) is -2.84. The highest BCUT2D eigenvalue weighted by atomic mass is 79.9. The van der Waals surface area contributed by atoms with Crippen molar-refractivity contribution in [2.24, 2.45) is 5.10 Å². The topological polar surface area (TPSA) is 65.8 Å². The van der Waals surface area contributed by atoms with Crippen molar-refractivity contribution < 1.29 is 27.5 Å². The summed E-state index contributed by atoms with van der Waals surface area (Å²) in [4.78, 5) is 17.7. The van der Waals surface area contributed by atoms with Gasteiger partial charge in [-0.25, -0.2) is 22.5 Å². The van der Waals surface area contributed by atoms with E-state index in [0.29, 0.717) is 22.2 Å². The number of nitrogens with zero attached hydrogens (tertiary/aromatic N) is 3. The van der Waals surface area contributed by atoms with Gasteiger partial charge in [-0.1, -0.05) is 46.3 Å². The minimum absolute atomic E-state index is 0.0618. The number of fused-ring (bicyclic) bond motifs is 1. The molecule has 1 amide bonds. The summed E-state index contributed by atoms with van der Waals surface area (Å²) >= 11 is 3.33. The molecule has 0 saturated carbocycles. The zero-order valence-corrected chi connectivity index (χ0v) is 17.2. The summed E-state index contributed by atoms with van der Waals surface area (Å²) in [5, 5.41) is 14.1. The summed E-state index contributed by atoms with van der Waals surface area (Å²) in [6.07, 6.45) is -7.83. The van der Waals surface area contributed by atoms with Gasteiger partial charge < -0.3 is 5.11 Å². The number of aliphatic hydroxyl groups is 1. The molecular formula is C21H14BrF4N3O2. The van der Waals surface area contributed by atoms with Crippen molar-refractivity contribution in [3.63, 3.8) is 0 Å². The highest BCUT2D eigenvalue weighted by Crippen LogP contribution is 2.36. The molecule has 0 radical (unpaired) electrons. The normalized spacial score (nSPS) is 18.8. The number of pyridine rings is 1. The molecule has 1 aliphatic heterocycles. The Balaban J connectivity index is 1.88. The van der Waals surface area contributed by atoms with E-state index >= 15 is 0 Å². The van der Waals surface area contributed by atoms with Gasteiger partial charge in [-0.3, -0.25) is 4.79 Å². The molecule has 1 unspecified atom stereocenters. The van der Waals surface area contributed by atoms with Gasteiger partial charge in [0.15, 0.2) is 0 Å². The highest BCUT2D eigenvalue weighted by Gasteiger charge is 2.53. The monoisotopic (exact) mass is 495 g/mol. The number of hydrogen-bond donors (Lipinski definition) is 1. The Morgan fingerprint density at radius 1 is 1.10 bits per heavy atom. The van der Waals surface area contributed by atoms with Crippen molar-refractivity contribution in [3.05, 3.63) is 64.6 Å². The molecule has 2 aromatic carbocycles. The van der Waals surface area contributed by atoms with Crippen LogP contribution in [0.15, 0.2) is 64.2 Å². The van der Waals surface area contributed by atoms with Crippen molar-refractivity contribution in [2.75, 3.05) is 0 Å². The number of alkyl halides is 4. The van der Waals surface area contributed by atoms with Gasteiger partial charge in [0.25, 0.3) is 18.8 Å². The van der Waals surface area contributed by atoms with Crippen LogP contribution in [0, 0.1) is 0 Å². The predicted molar refractivity (Wildman–Crippen MR) is 110 cm³/mol. The van der Waals surface area contributed by atoms with Crippen LogP contribution in [0.2, 0.25) is 0 Å². The number of aromatic nitrogens is 1. The van der Waals surface area contributed by atoms with Crippen molar-refractivity contribution in [2.45, 2.75) is 25.0 Å². The van der Waals surface area contributed by atoms with Crippen LogP contribution < -0.4 is 0 Å². The number of carbonyl (C=O) groups excluding carboxylic acids is 1. The lowest BCUT2D eigenvalue weighted by Gasteiger charge is -2.30. The molecule has 0 saturated heterocycles. The molecule has 4 rings (SSSR count). The average molecular weight is 496 g/mol. The summed E-state index contributed by atoms with van der Waals surface area (Å²) < 4.78 is 54.3. The molecule has 0 aliphatic carbocycles. The van der Waals surface area contributed by atoms with Crippen LogP contribution in [0.4, 0.5) is 17.6 Å². The second kappa shape index (κ2) is 8.01. The third kappa shape index (κ3) is 3.81. The molecular weight excluding hydrogens is 482 g/mol. The van der Waals surface area contributed by atoms with Gasteiger partial charge in [-0.05, 0) is 24.3 Å². The third-order valence-corrected chi connectivity index (χ3v) is 5.45. The van der Waals surface area contributed by atoms with Gasteiger partial charge in [0.05, 0.1) is 16.8 Å². The minimum atomic E-state index is -3.50. The maximum absolute atomic E-state index is 13.6. The Bertz CT molecular complexity index is 1190. The lowest BCUT2D eigenvalue weighted by atomic mass is 10.0. The molecule has 5 nitrogen and oxygen atoms in total. The predicted octanol–water partition coefficient (Wildman–Crippen LogP) is 5.09. The van der Waals surface area contributed by atoms with Crippen LogP contribution in [-0.2, 0) is 0 Å². The number of para-hydroxylation sites is 1. The molecule has 1 atom stereocenters. The Morgan fingerprint density at radius 3 is 2.42 bits per heavy atom. The molecule has 10 heteroatoms. The zero-order chi connectivity index (χ0) is 22.3. The van der Waals surface area contributed by atoms with Gasteiger partial charge >= 0.3 is 0 Å². The zero-order valence-electron chi connectivity index (χ0n) is 15.6. The molecule has 3 aromatic rings. The molecule has 1 N–H and O–H groups in total. The SMILES string of the molecule is O=C(c1cc(-c2ccc(Br)cc2)nc2ccccc12)N1N=C(C(F)F)CC1(O)C(F)F. The summed E-state index contributed by atoms with van der Waals surface area (Å²) in [6.45, 7) is 0. The Labute approximate surface area is 182 Å². The molecule has 0 fully saturated rings. The second-order valence-corrected chi connectivity index (χ2v) is 7.86. The molecule has 1 aromatic heterocycles. The van der Waals surface area contributed by atoms with Crippen molar-refractivity contribution in [1.82, 2.24) is 9.99 Å². The van der Waals surface area contributed by atoms with E-state index in [1.807, 2.05) is 0 Å². The largest absolute Gasteiger partial charge is 0.364 e. The summed E-state index contributed by atoms with van der Waals surface area (Å²) in [5.74, 6) is -1.13. The van der Waals surface area contributed by atoms with E-state index in [1.54, 1.807) is 48.5 Å². The van der Waals surface area contributed by atoms with E-state index in [2.05, 4.69) is 26.0 Å². The van der Waals surface area contributed by atoms with E-state index in [9.17, 15) is 27.5 Å². The van der Waals surface area contributed by atoms with Crippen molar-refractivity contribution in [1.29, 1.82) is 0 Å². The maximum atomic E-state index is 13.6. The number of halogens is 5. The molecule has 0 spiro atoms. The number of benzene rings is 2. The minimum Gasteiger partial charge on any atom is -0.364 e. The van der Waals surface area contributed by atoms with Gasteiger partial charge in [0, 0.05) is 21.8 Å². The molecule has 31 heavy (non-hydrogen) atoms. The number of hydrogen-bond acceptors (Lipinski definition) is 4. The molecule has 1 aliphatic rings. The van der Waals surface area contributed by atoms with Crippen molar-refractivity contribution >= 4 is 38.5 Å². The average Bonchev–Trinajstić information content (AvgIpc) is 3.12. The Morgan fingerprint density at radius 2 is 1.77 bits per heavy atom. The third-order valence-electron chi connectivity index (χ3n) is 4.92. The second-order valence-electron chi connectivity index (χ2n) is 6.94. The fraction of sp³-hybridized carbons (Fsp3) is 0.190. The first-order chi connectivity index (χ1) is 14.7. The summed E-state index contributed by atoms with van der Waals surface area (Å²) in [7, 11) is 0. The van der Waals surface area contributed by atoms with E-state index in [1.165, 1.54) is 6.07 Å². The molecule has 2 heterocycles. The van der Waals surface area contributed by atoms with Crippen LogP contribution in [-0.4, -0.2) is 45.3 Å². The lowest BCUT2D eigenvalue weighted by molar-refractivity contribution is -0.164. The smallest absolute Gasteiger partial charge is 0.287 e. The van der Waals surface area contributed by atoms with Crippen molar-refractivity contribution in [3.8, 4) is 11.3 Å². The van der Waals surface area contributed by atoms with Crippen LogP contribution in [0.5, 0.6) is 0 Å². The fourth-order valence-corrected chi connectivity index (χ4v) is 3.60. The van der Waals surface area contributed by atoms with E-state index < -0.39 is 36.6 Å². The summed E-state index contributed by atoms with van der Waals surface area (Å²) in [6, 6.07) is 14.9. The number of amides is 1. The molecule has 0 bridgehead atoms. The van der Waals surface area contributed by atoms with Gasteiger partial charge in [0.1, 0.15) is 5.71 Å². The van der Waals surface area contributed by atoms with Crippen LogP contribution >= 0.6 is 15.9 Å². The van der Waals surface area contributed by atoms with Gasteiger partial charge in [-0.15, -0.1) is 0 Å². The first-order valence-electron chi connectivity index (χ1n) is 9.07. The number of rotatable bonds is 4. The first kappa shape index (κ1) is 21.4. The highest BCUT2D eigenvalue weighted by molar-refractivity contribution is 9.10.